The van der Waals surface area contributed by atoms with E-state index in [9.17, 15) is 10.1 Å². The van der Waals surface area contributed by atoms with E-state index in [0.717, 1.165) is 0 Å². The average molecular weight is 119 g/mol. The van der Waals surface area contributed by atoms with Crippen molar-refractivity contribution in [3.8, 4) is 0 Å². The molecular weight excluding hydrogens is 114 g/mol. The molecule has 0 aromatic rings. The maximum absolute atomic E-state index is 9.80. The molecule has 1 aliphatic rings. The molecule has 1 saturated heterocycles. The van der Waals surface area contributed by atoms with E-state index in [1.807, 2.05) is 0 Å². The van der Waals surface area contributed by atoms with Gasteiger partial charge in [0.15, 0.2) is 6.79 Å². The van der Waals surface area contributed by atoms with E-state index in [0.29, 0.717) is 0 Å². The summed E-state index contributed by atoms with van der Waals surface area (Å²) in [5.74, 6) is 0. The quantitative estimate of drug-likeness (QED) is 0.348. The van der Waals surface area contributed by atoms with E-state index in [2.05, 4.69) is 9.47 Å². The number of ether oxygens (including phenoxy) is 2. The van der Waals surface area contributed by atoms with Crippen LogP contribution >= 0.6 is 0 Å². The smallest absolute Gasteiger partial charge is 0.340 e. The maximum atomic E-state index is 9.80. The first kappa shape index (κ1) is 5.46. The first-order valence-electron chi connectivity index (χ1n) is 2.13. The Morgan fingerprint density at radius 1 is 1.75 bits per heavy atom. The molecule has 1 heterocycles. The fourth-order valence-electron chi connectivity index (χ4n) is 0.445. The van der Waals surface area contributed by atoms with Crippen LogP contribution in [0.15, 0.2) is 0 Å². The Morgan fingerprint density at radius 2 is 2.50 bits per heavy atom. The second kappa shape index (κ2) is 2.06. The van der Waals surface area contributed by atoms with Crippen LogP contribution in [0.25, 0.3) is 0 Å². The van der Waals surface area contributed by atoms with Gasteiger partial charge in [0, 0.05) is 0 Å². The largest absolute Gasteiger partial charge is 0.345 e. The molecule has 0 aliphatic carbocycles. The molecule has 5 heteroatoms. The van der Waals surface area contributed by atoms with Gasteiger partial charge in [-0.15, -0.1) is 0 Å². The van der Waals surface area contributed by atoms with Crippen molar-refractivity contribution in [3.05, 3.63) is 10.1 Å². The molecule has 0 spiro atoms. The van der Waals surface area contributed by atoms with E-state index in [1.165, 1.54) is 0 Å². The second-order valence-corrected chi connectivity index (χ2v) is 1.40. The predicted octanol–water partition coefficient (Wildman–Crippen LogP) is -0.407. The molecule has 0 N–H and O–H groups in total. The lowest BCUT2D eigenvalue weighted by Crippen LogP contribution is -2.20. The molecule has 1 aliphatic heterocycles. The summed E-state index contributed by atoms with van der Waals surface area (Å²) in [6.45, 7) is 0.124. The molecule has 46 valence electrons. The molecule has 0 radical (unpaired) electrons. The summed E-state index contributed by atoms with van der Waals surface area (Å²) in [5, 5.41) is 9.80. The van der Waals surface area contributed by atoms with Crippen molar-refractivity contribution < 1.29 is 14.4 Å². The van der Waals surface area contributed by atoms with E-state index >= 15 is 0 Å². The number of hydrogen-bond donors (Lipinski definition) is 0. The van der Waals surface area contributed by atoms with E-state index in [-0.39, 0.29) is 13.4 Å². The standard InChI is InChI=1S/C3H5NO4/c5-4(6)3-1-7-2-8-3/h3H,1-2H2. The topological polar surface area (TPSA) is 61.6 Å². The van der Waals surface area contributed by atoms with Crippen molar-refractivity contribution in [1.29, 1.82) is 0 Å². The maximum Gasteiger partial charge on any atom is 0.340 e. The Bertz CT molecular complexity index is 97.5. The molecular formula is C3H5NO4. The predicted molar refractivity (Wildman–Crippen MR) is 22.7 cm³/mol. The summed E-state index contributed by atoms with van der Waals surface area (Å²) in [7, 11) is 0. The third-order valence-corrected chi connectivity index (χ3v) is 0.839. The van der Waals surface area contributed by atoms with E-state index in [4.69, 9.17) is 0 Å². The van der Waals surface area contributed by atoms with Gasteiger partial charge < -0.3 is 4.74 Å². The molecule has 0 saturated carbocycles. The Balaban J connectivity index is 2.35. The monoisotopic (exact) mass is 119 g/mol. The van der Waals surface area contributed by atoms with Crippen molar-refractivity contribution in [2.75, 3.05) is 13.4 Å². The van der Waals surface area contributed by atoms with Crippen LogP contribution in [0.5, 0.6) is 0 Å². The fraction of sp³-hybridized carbons (Fsp3) is 1.00. The van der Waals surface area contributed by atoms with Crippen LogP contribution in [0.4, 0.5) is 0 Å². The Morgan fingerprint density at radius 3 is 2.75 bits per heavy atom. The van der Waals surface area contributed by atoms with Gasteiger partial charge in [-0.3, -0.25) is 14.9 Å². The Labute approximate surface area is 45.3 Å². The van der Waals surface area contributed by atoms with Gasteiger partial charge in [-0.1, -0.05) is 0 Å². The number of nitro groups is 1. The highest BCUT2D eigenvalue weighted by molar-refractivity contribution is 4.42. The summed E-state index contributed by atoms with van der Waals surface area (Å²) < 4.78 is 9.05. The lowest BCUT2D eigenvalue weighted by Gasteiger charge is -1.93. The molecule has 8 heavy (non-hydrogen) atoms. The zero-order chi connectivity index (χ0) is 5.98. The van der Waals surface area contributed by atoms with Crippen LogP contribution in [0.3, 0.4) is 0 Å². The molecule has 1 fully saturated rings. The number of nitrogens with zero attached hydrogens (tertiary/aromatic N) is 1. The van der Waals surface area contributed by atoms with Gasteiger partial charge in [0.05, 0.1) is 4.92 Å². The SMILES string of the molecule is O=[N+]([O-])C1COCO1. The van der Waals surface area contributed by atoms with Crippen LogP contribution in [0.1, 0.15) is 0 Å². The summed E-state index contributed by atoms with van der Waals surface area (Å²) >= 11 is 0. The van der Waals surface area contributed by atoms with E-state index < -0.39 is 11.2 Å². The van der Waals surface area contributed by atoms with Crippen molar-refractivity contribution in [2.24, 2.45) is 0 Å². The van der Waals surface area contributed by atoms with Crippen molar-refractivity contribution in [3.63, 3.8) is 0 Å². The minimum absolute atomic E-state index is 0.0473. The highest BCUT2D eigenvalue weighted by atomic mass is 16.8. The van der Waals surface area contributed by atoms with Gasteiger partial charge in [0.25, 0.3) is 0 Å². The minimum Gasteiger partial charge on any atom is -0.345 e. The van der Waals surface area contributed by atoms with Gasteiger partial charge in [0.2, 0.25) is 0 Å². The Hall–Kier alpha value is -0.680. The number of hydrogen-bond acceptors (Lipinski definition) is 4. The first-order chi connectivity index (χ1) is 3.80. The van der Waals surface area contributed by atoms with Gasteiger partial charge in [-0.2, -0.15) is 0 Å². The molecule has 0 aromatic heterocycles. The summed E-state index contributed by atoms with van der Waals surface area (Å²) in [5.41, 5.74) is 0. The number of rotatable bonds is 1. The summed E-state index contributed by atoms with van der Waals surface area (Å²) in [4.78, 5) is 9.30. The van der Waals surface area contributed by atoms with Gasteiger partial charge >= 0.3 is 6.23 Å². The third-order valence-electron chi connectivity index (χ3n) is 0.839. The molecule has 0 amide bonds. The zero-order valence-electron chi connectivity index (χ0n) is 4.07. The molecule has 0 aromatic carbocycles. The van der Waals surface area contributed by atoms with Crippen molar-refractivity contribution >= 4 is 0 Å². The van der Waals surface area contributed by atoms with Gasteiger partial charge in [-0.25, -0.2) is 0 Å². The second-order valence-electron chi connectivity index (χ2n) is 1.40. The molecule has 1 rings (SSSR count). The lowest BCUT2D eigenvalue weighted by atomic mass is 10.6. The van der Waals surface area contributed by atoms with Crippen molar-refractivity contribution in [1.82, 2.24) is 0 Å². The third kappa shape index (κ3) is 0.932. The van der Waals surface area contributed by atoms with E-state index in [1.54, 1.807) is 0 Å². The van der Waals surface area contributed by atoms with Crippen LogP contribution in [0, 0.1) is 10.1 Å². The molecule has 5 nitrogen and oxygen atoms in total. The van der Waals surface area contributed by atoms with Crippen LogP contribution in [-0.4, -0.2) is 24.6 Å². The molecule has 1 atom stereocenters. The first-order valence-corrected chi connectivity index (χ1v) is 2.13. The highest BCUT2D eigenvalue weighted by Gasteiger charge is 2.25. The fourth-order valence-corrected chi connectivity index (χ4v) is 0.445. The van der Waals surface area contributed by atoms with Crippen molar-refractivity contribution in [2.45, 2.75) is 6.23 Å². The summed E-state index contributed by atoms with van der Waals surface area (Å²) in [6, 6.07) is 0. The minimum atomic E-state index is -0.935. The summed E-state index contributed by atoms with van der Waals surface area (Å²) in [6.07, 6.45) is -0.935. The van der Waals surface area contributed by atoms with Crippen LogP contribution in [-0.2, 0) is 9.47 Å². The van der Waals surface area contributed by atoms with Gasteiger partial charge in [0.1, 0.15) is 6.61 Å². The molecule has 1 unspecified atom stereocenters. The van der Waals surface area contributed by atoms with Crippen LogP contribution < -0.4 is 0 Å². The lowest BCUT2D eigenvalue weighted by molar-refractivity contribution is -0.565. The average Bonchev–Trinajstić information content (AvgIpc) is 2.12. The highest BCUT2D eigenvalue weighted by Crippen LogP contribution is 2.01. The normalized spacial score (nSPS) is 28.2. The molecule has 0 bridgehead atoms. The van der Waals surface area contributed by atoms with Gasteiger partial charge in [-0.05, 0) is 0 Å². The Kier molecular flexibility index (Phi) is 1.40. The zero-order valence-corrected chi connectivity index (χ0v) is 4.07. The van der Waals surface area contributed by atoms with Crippen LogP contribution in [0.2, 0.25) is 0 Å².